The number of aliphatic hydroxyl groups excluding tert-OH is 1. The SMILES string of the molecule is Cc1ccccc1OC(=O)NC(C)CO. The first-order chi connectivity index (χ1) is 7.13. The van der Waals surface area contributed by atoms with Crippen LogP contribution in [0.15, 0.2) is 24.3 Å². The third-order valence-electron chi connectivity index (χ3n) is 1.93. The maximum Gasteiger partial charge on any atom is 0.412 e. The number of ether oxygens (including phenoxy) is 1. The number of rotatable bonds is 3. The predicted molar refractivity (Wildman–Crippen MR) is 56.9 cm³/mol. The third-order valence-corrected chi connectivity index (χ3v) is 1.93. The molecule has 0 aliphatic heterocycles. The lowest BCUT2D eigenvalue weighted by molar-refractivity contribution is 0.185. The van der Waals surface area contributed by atoms with Gasteiger partial charge >= 0.3 is 6.09 Å². The zero-order valence-corrected chi connectivity index (χ0v) is 8.86. The summed E-state index contributed by atoms with van der Waals surface area (Å²) in [7, 11) is 0. The molecule has 1 unspecified atom stereocenters. The molecule has 82 valence electrons. The normalized spacial score (nSPS) is 11.9. The molecular weight excluding hydrogens is 194 g/mol. The molecule has 1 aromatic carbocycles. The minimum absolute atomic E-state index is 0.108. The topological polar surface area (TPSA) is 58.6 Å². The number of hydrogen-bond acceptors (Lipinski definition) is 3. The lowest BCUT2D eigenvalue weighted by atomic mass is 10.2. The zero-order valence-electron chi connectivity index (χ0n) is 8.86. The van der Waals surface area contributed by atoms with E-state index in [4.69, 9.17) is 9.84 Å². The lowest BCUT2D eigenvalue weighted by Crippen LogP contribution is -2.37. The highest BCUT2D eigenvalue weighted by Gasteiger charge is 2.08. The van der Waals surface area contributed by atoms with Gasteiger partial charge in [0.1, 0.15) is 5.75 Å². The van der Waals surface area contributed by atoms with E-state index in [-0.39, 0.29) is 12.6 Å². The van der Waals surface area contributed by atoms with E-state index in [1.165, 1.54) is 0 Å². The van der Waals surface area contributed by atoms with Crippen molar-refractivity contribution in [1.82, 2.24) is 5.32 Å². The average molecular weight is 209 g/mol. The molecule has 4 nitrogen and oxygen atoms in total. The smallest absolute Gasteiger partial charge is 0.410 e. The fourth-order valence-corrected chi connectivity index (χ4v) is 1.05. The van der Waals surface area contributed by atoms with Crippen LogP contribution < -0.4 is 10.1 Å². The number of nitrogens with one attached hydrogen (secondary N) is 1. The fraction of sp³-hybridized carbons (Fsp3) is 0.364. The van der Waals surface area contributed by atoms with E-state index in [9.17, 15) is 4.79 Å². The summed E-state index contributed by atoms with van der Waals surface area (Å²) < 4.78 is 5.06. The van der Waals surface area contributed by atoms with Crippen molar-refractivity contribution in [2.75, 3.05) is 6.61 Å². The Bertz CT molecular complexity index is 338. The second kappa shape index (κ2) is 5.36. The molecule has 0 radical (unpaired) electrons. The molecule has 2 N–H and O–H groups in total. The number of amides is 1. The van der Waals surface area contributed by atoms with Crippen molar-refractivity contribution in [2.45, 2.75) is 19.9 Å². The summed E-state index contributed by atoms with van der Waals surface area (Å²) in [5, 5.41) is 11.2. The molecule has 1 amide bonds. The van der Waals surface area contributed by atoms with Crippen LogP contribution >= 0.6 is 0 Å². The van der Waals surface area contributed by atoms with Gasteiger partial charge in [0.05, 0.1) is 12.6 Å². The molecule has 0 aromatic heterocycles. The summed E-state index contributed by atoms with van der Waals surface area (Å²) in [5.41, 5.74) is 0.893. The molecule has 0 saturated heterocycles. The van der Waals surface area contributed by atoms with Crippen LogP contribution in [0.4, 0.5) is 4.79 Å². The molecule has 0 heterocycles. The van der Waals surface area contributed by atoms with Crippen molar-refractivity contribution in [3.8, 4) is 5.75 Å². The maximum atomic E-state index is 11.3. The van der Waals surface area contributed by atoms with Gasteiger partial charge in [-0.15, -0.1) is 0 Å². The first-order valence-electron chi connectivity index (χ1n) is 4.78. The second-order valence-corrected chi connectivity index (χ2v) is 3.38. The summed E-state index contributed by atoms with van der Waals surface area (Å²) in [6, 6.07) is 6.94. The molecular formula is C11H15NO3. The Kier molecular flexibility index (Phi) is 4.12. The molecule has 1 rings (SSSR count). The number of carbonyl (C=O) groups is 1. The molecule has 4 heteroatoms. The highest BCUT2D eigenvalue weighted by atomic mass is 16.6. The molecule has 15 heavy (non-hydrogen) atoms. The van der Waals surface area contributed by atoms with E-state index in [0.29, 0.717) is 5.75 Å². The fourth-order valence-electron chi connectivity index (χ4n) is 1.05. The van der Waals surface area contributed by atoms with E-state index in [2.05, 4.69) is 5.32 Å². The number of aryl methyl sites for hydroxylation is 1. The van der Waals surface area contributed by atoms with Gasteiger partial charge in [0.15, 0.2) is 0 Å². The minimum Gasteiger partial charge on any atom is -0.410 e. The van der Waals surface area contributed by atoms with Gasteiger partial charge in [-0.2, -0.15) is 0 Å². The summed E-state index contributed by atoms with van der Waals surface area (Å²) in [5.74, 6) is 0.528. The molecule has 0 saturated carbocycles. The molecule has 0 aliphatic rings. The standard InChI is InChI=1S/C11H15NO3/c1-8-5-3-4-6-10(8)15-11(14)12-9(2)7-13/h3-6,9,13H,7H2,1-2H3,(H,12,14). The number of para-hydroxylation sites is 1. The van der Waals surface area contributed by atoms with Gasteiger partial charge in [-0.1, -0.05) is 18.2 Å². The quantitative estimate of drug-likeness (QED) is 0.792. The Morgan fingerprint density at radius 2 is 2.20 bits per heavy atom. The van der Waals surface area contributed by atoms with Crippen molar-refractivity contribution in [2.24, 2.45) is 0 Å². The lowest BCUT2D eigenvalue weighted by Gasteiger charge is -2.11. The Hall–Kier alpha value is -1.55. The van der Waals surface area contributed by atoms with Crippen molar-refractivity contribution in [1.29, 1.82) is 0 Å². The molecule has 0 aliphatic carbocycles. The molecule has 0 spiro atoms. The molecule has 1 atom stereocenters. The Labute approximate surface area is 88.9 Å². The van der Waals surface area contributed by atoms with Crippen LogP contribution in [0.3, 0.4) is 0 Å². The van der Waals surface area contributed by atoms with Crippen LogP contribution in [0.2, 0.25) is 0 Å². The molecule has 0 fully saturated rings. The largest absolute Gasteiger partial charge is 0.412 e. The summed E-state index contributed by atoms with van der Waals surface area (Å²) >= 11 is 0. The van der Waals surface area contributed by atoms with E-state index in [0.717, 1.165) is 5.56 Å². The van der Waals surface area contributed by atoms with E-state index in [1.54, 1.807) is 19.1 Å². The van der Waals surface area contributed by atoms with Gasteiger partial charge in [-0.05, 0) is 25.5 Å². The first-order valence-corrected chi connectivity index (χ1v) is 4.78. The summed E-state index contributed by atoms with van der Waals surface area (Å²) in [6.45, 7) is 3.44. The number of benzene rings is 1. The van der Waals surface area contributed by atoms with Crippen LogP contribution in [0.25, 0.3) is 0 Å². The van der Waals surface area contributed by atoms with E-state index in [1.807, 2.05) is 19.1 Å². The van der Waals surface area contributed by atoms with Crippen molar-refractivity contribution >= 4 is 6.09 Å². The monoisotopic (exact) mass is 209 g/mol. The number of aliphatic hydroxyl groups is 1. The van der Waals surface area contributed by atoms with Crippen molar-refractivity contribution in [3.63, 3.8) is 0 Å². The van der Waals surface area contributed by atoms with Crippen LogP contribution in [0, 0.1) is 6.92 Å². The first kappa shape index (κ1) is 11.5. The van der Waals surface area contributed by atoms with Crippen LogP contribution in [-0.2, 0) is 0 Å². The van der Waals surface area contributed by atoms with Gasteiger partial charge in [0, 0.05) is 0 Å². The van der Waals surface area contributed by atoms with Crippen LogP contribution in [0.1, 0.15) is 12.5 Å². The maximum absolute atomic E-state index is 11.3. The van der Waals surface area contributed by atoms with Gasteiger partial charge < -0.3 is 15.2 Å². The van der Waals surface area contributed by atoms with Crippen molar-refractivity contribution in [3.05, 3.63) is 29.8 Å². The Morgan fingerprint density at radius 3 is 2.80 bits per heavy atom. The van der Waals surface area contributed by atoms with Crippen molar-refractivity contribution < 1.29 is 14.6 Å². The van der Waals surface area contributed by atoms with Crippen LogP contribution in [-0.4, -0.2) is 23.8 Å². The van der Waals surface area contributed by atoms with E-state index >= 15 is 0 Å². The Balaban J connectivity index is 2.55. The van der Waals surface area contributed by atoms with Gasteiger partial charge in [-0.3, -0.25) is 0 Å². The summed E-state index contributed by atoms with van der Waals surface area (Å²) in [6.07, 6.45) is -0.550. The highest BCUT2D eigenvalue weighted by molar-refractivity contribution is 5.71. The molecule has 0 bridgehead atoms. The summed E-state index contributed by atoms with van der Waals surface area (Å²) in [4.78, 5) is 11.3. The molecule has 1 aromatic rings. The predicted octanol–water partition coefficient (Wildman–Crippen LogP) is 1.46. The van der Waals surface area contributed by atoms with E-state index < -0.39 is 6.09 Å². The number of carbonyl (C=O) groups excluding carboxylic acids is 1. The Morgan fingerprint density at radius 1 is 1.53 bits per heavy atom. The third kappa shape index (κ3) is 3.59. The van der Waals surface area contributed by atoms with Crippen LogP contribution in [0.5, 0.6) is 5.75 Å². The van der Waals surface area contributed by atoms with Gasteiger partial charge in [-0.25, -0.2) is 4.79 Å². The second-order valence-electron chi connectivity index (χ2n) is 3.38. The minimum atomic E-state index is -0.550. The highest BCUT2D eigenvalue weighted by Crippen LogP contribution is 2.15. The number of hydrogen-bond donors (Lipinski definition) is 2. The average Bonchev–Trinajstić information content (AvgIpc) is 2.21. The zero-order chi connectivity index (χ0) is 11.3. The van der Waals surface area contributed by atoms with Gasteiger partial charge in [0.2, 0.25) is 0 Å². The van der Waals surface area contributed by atoms with Gasteiger partial charge in [0.25, 0.3) is 0 Å².